The van der Waals surface area contributed by atoms with Crippen LogP contribution in [0.15, 0.2) is 53.1 Å². The number of piperidine rings is 1. The van der Waals surface area contributed by atoms with Gasteiger partial charge in [0.15, 0.2) is 5.58 Å². The summed E-state index contributed by atoms with van der Waals surface area (Å²) in [7, 11) is 0. The molecule has 0 spiro atoms. The standard InChI is InChI=1S/C22H19FN4O5.C4H4O4/c23-14-4-5-15-18(12-14)32-24-20(15)13-6-8-25(9-7-13)10-11-26-21(28)16-2-1-3-17(27(30)31)19(16)22(26)29;5-3(6)1-2-4(7)8/h1-5,12-13H,6-11H2;1-2H,(H,5,6)(H,7,8)/b;2-1+. The van der Waals surface area contributed by atoms with Crippen LogP contribution in [0.5, 0.6) is 0 Å². The molecule has 3 aromatic rings. The molecule has 3 heterocycles. The van der Waals surface area contributed by atoms with Crippen molar-refractivity contribution in [2.75, 3.05) is 26.2 Å². The van der Waals surface area contributed by atoms with E-state index in [1.54, 1.807) is 6.07 Å². The van der Waals surface area contributed by atoms with Gasteiger partial charge < -0.3 is 19.6 Å². The third kappa shape index (κ3) is 6.02. The molecule has 0 aliphatic carbocycles. The van der Waals surface area contributed by atoms with Gasteiger partial charge in [-0.25, -0.2) is 14.0 Å². The summed E-state index contributed by atoms with van der Waals surface area (Å²) in [6.45, 7) is 2.13. The van der Waals surface area contributed by atoms with Crippen LogP contribution in [0, 0.1) is 15.9 Å². The second-order valence-corrected chi connectivity index (χ2v) is 9.05. The summed E-state index contributed by atoms with van der Waals surface area (Å²) in [5.41, 5.74) is 0.867. The summed E-state index contributed by atoms with van der Waals surface area (Å²) in [5.74, 6) is -3.81. The fourth-order valence-corrected chi connectivity index (χ4v) is 4.71. The molecule has 13 nitrogen and oxygen atoms in total. The van der Waals surface area contributed by atoms with Crippen LogP contribution < -0.4 is 0 Å². The van der Waals surface area contributed by atoms with Crippen molar-refractivity contribution in [3.05, 3.63) is 81.3 Å². The van der Waals surface area contributed by atoms with Gasteiger partial charge in [0.2, 0.25) is 0 Å². The quantitative estimate of drug-likeness (QED) is 0.189. The molecule has 5 rings (SSSR count). The van der Waals surface area contributed by atoms with Gasteiger partial charge in [0.05, 0.1) is 16.2 Å². The summed E-state index contributed by atoms with van der Waals surface area (Å²) in [6.07, 6.45) is 2.74. The predicted molar refractivity (Wildman–Crippen MR) is 135 cm³/mol. The van der Waals surface area contributed by atoms with E-state index in [0.29, 0.717) is 24.3 Å². The number of hydrogen-bond donors (Lipinski definition) is 2. The first-order chi connectivity index (χ1) is 19.1. The second kappa shape index (κ2) is 11.8. The highest BCUT2D eigenvalue weighted by Crippen LogP contribution is 2.33. The van der Waals surface area contributed by atoms with E-state index in [0.717, 1.165) is 41.9 Å². The van der Waals surface area contributed by atoms with Gasteiger partial charge in [0.1, 0.15) is 11.4 Å². The zero-order chi connectivity index (χ0) is 29.0. The van der Waals surface area contributed by atoms with E-state index in [4.69, 9.17) is 14.7 Å². The molecule has 2 N–H and O–H groups in total. The van der Waals surface area contributed by atoms with E-state index in [1.165, 1.54) is 30.3 Å². The minimum absolute atomic E-state index is 0.0808. The smallest absolute Gasteiger partial charge is 0.328 e. The lowest BCUT2D eigenvalue weighted by Crippen LogP contribution is -2.41. The number of nitro benzene ring substituents is 1. The molecule has 0 saturated carbocycles. The number of fused-ring (bicyclic) bond motifs is 2. The van der Waals surface area contributed by atoms with E-state index in [-0.39, 0.29) is 35.1 Å². The number of imide groups is 1. The van der Waals surface area contributed by atoms with E-state index in [2.05, 4.69) is 10.1 Å². The second-order valence-electron chi connectivity index (χ2n) is 9.05. The lowest BCUT2D eigenvalue weighted by atomic mass is 9.91. The molecule has 40 heavy (non-hydrogen) atoms. The Bertz CT molecular complexity index is 1510. The maximum Gasteiger partial charge on any atom is 0.328 e. The van der Waals surface area contributed by atoms with Crippen LogP contribution >= 0.6 is 0 Å². The summed E-state index contributed by atoms with van der Waals surface area (Å²) < 4.78 is 18.6. The number of benzene rings is 2. The molecular formula is C26H23FN4O9. The number of aliphatic carboxylic acids is 2. The van der Waals surface area contributed by atoms with Crippen molar-refractivity contribution in [3.63, 3.8) is 0 Å². The van der Waals surface area contributed by atoms with Crippen LogP contribution in [0.2, 0.25) is 0 Å². The van der Waals surface area contributed by atoms with Gasteiger partial charge in [-0.3, -0.25) is 24.6 Å². The molecular weight excluding hydrogens is 531 g/mol. The zero-order valence-corrected chi connectivity index (χ0v) is 20.9. The Kier molecular flexibility index (Phi) is 8.29. The summed E-state index contributed by atoms with van der Waals surface area (Å²) in [6, 6.07) is 8.50. The fraction of sp³-hybridized carbons (Fsp3) is 0.269. The topological polar surface area (TPSA) is 184 Å². The third-order valence-electron chi connectivity index (χ3n) is 6.62. The summed E-state index contributed by atoms with van der Waals surface area (Å²) in [4.78, 5) is 58.3. The number of carbonyl (C=O) groups is 4. The van der Waals surface area contributed by atoms with Crippen LogP contribution in [0.1, 0.15) is 45.2 Å². The highest BCUT2D eigenvalue weighted by Gasteiger charge is 2.41. The number of rotatable bonds is 7. The third-order valence-corrected chi connectivity index (χ3v) is 6.62. The van der Waals surface area contributed by atoms with Crippen molar-refractivity contribution < 1.29 is 43.2 Å². The van der Waals surface area contributed by atoms with Crippen LogP contribution in [-0.4, -0.2) is 80.0 Å². The Morgan fingerprint density at radius 3 is 2.38 bits per heavy atom. The predicted octanol–water partition coefficient (Wildman–Crippen LogP) is 3.06. The monoisotopic (exact) mass is 554 g/mol. The molecule has 0 bridgehead atoms. The highest BCUT2D eigenvalue weighted by atomic mass is 19.1. The van der Waals surface area contributed by atoms with Gasteiger partial charge in [-0.1, -0.05) is 11.2 Å². The first-order valence-corrected chi connectivity index (χ1v) is 12.1. The van der Waals surface area contributed by atoms with Crippen molar-refractivity contribution >= 4 is 40.4 Å². The Morgan fingerprint density at radius 1 is 1.07 bits per heavy atom. The van der Waals surface area contributed by atoms with Crippen molar-refractivity contribution in [1.29, 1.82) is 0 Å². The zero-order valence-electron chi connectivity index (χ0n) is 20.9. The van der Waals surface area contributed by atoms with Crippen LogP contribution in [0.4, 0.5) is 10.1 Å². The van der Waals surface area contributed by atoms with Crippen LogP contribution in [-0.2, 0) is 9.59 Å². The minimum Gasteiger partial charge on any atom is -0.478 e. The number of aromatic nitrogens is 1. The largest absolute Gasteiger partial charge is 0.478 e. The number of carboxylic acid groups (broad SMARTS) is 2. The van der Waals surface area contributed by atoms with Crippen molar-refractivity contribution in [2.24, 2.45) is 0 Å². The first kappa shape index (κ1) is 28.0. The molecule has 2 aliphatic heterocycles. The lowest BCUT2D eigenvalue weighted by molar-refractivity contribution is -0.385. The van der Waals surface area contributed by atoms with Gasteiger partial charge in [-0.15, -0.1) is 0 Å². The maximum atomic E-state index is 13.4. The number of likely N-dealkylation sites (tertiary alicyclic amines) is 1. The normalized spacial score (nSPS) is 15.8. The molecule has 0 atom stereocenters. The summed E-state index contributed by atoms with van der Waals surface area (Å²) in [5, 5.41) is 31.8. The lowest BCUT2D eigenvalue weighted by Gasteiger charge is -2.32. The average Bonchev–Trinajstić information content (AvgIpc) is 3.45. The number of amides is 2. The average molecular weight is 554 g/mol. The Balaban J connectivity index is 0.000000406. The van der Waals surface area contributed by atoms with Gasteiger partial charge >= 0.3 is 11.9 Å². The number of carboxylic acids is 2. The molecule has 2 aromatic carbocycles. The van der Waals surface area contributed by atoms with Gasteiger partial charge in [0, 0.05) is 48.7 Å². The van der Waals surface area contributed by atoms with Crippen molar-refractivity contribution in [1.82, 2.24) is 15.0 Å². The molecule has 0 unspecified atom stereocenters. The summed E-state index contributed by atoms with van der Waals surface area (Å²) >= 11 is 0. The van der Waals surface area contributed by atoms with E-state index in [9.17, 15) is 33.7 Å². The molecule has 208 valence electrons. The highest BCUT2D eigenvalue weighted by molar-refractivity contribution is 6.23. The fourth-order valence-electron chi connectivity index (χ4n) is 4.71. The number of nitrogens with zero attached hydrogens (tertiary/aromatic N) is 4. The SMILES string of the molecule is O=C(O)/C=C/C(=O)O.O=C1c2cccc([N+](=O)[O-])c2C(=O)N1CCN1CCC(c2noc3cc(F)ccc23)CC1. The first-order valence-electron chi connectivity index (χ1n) is 12.1. The van der Waals surface area contributed by atoms with Crippen LogP contribution in [0.3, 0.4) is 0 Å². The van der Waals surface area contributed by atoms with Gasteiger partial charge in [-0.2, -0.15) is 0 Å². The number of nitro groups is 1. The number of carbonyl (C=O) groups excluding carboxylic acids is 2. The van der Waals surface area contributed by atoms with E-state index < -0.39 is 28.7 Å². The Labute approximate surface area is 225 Å². The molecule has 0 radical (unpaired) electrons. The van der Waals surface area contributed by atoms with Gasteiger partial charge in [0.25, 0.3) is 17.5 Å². The molecule has 1 aromatic heterocycles. The maximum absolute atomic E-state index is 13.4. The van der Waals surface area contributed by atoms with E-state index >= 15 is 0 Å². The van der Waals surface area contributed by atoms with Gasteiger partial charge in [-0.05, 0) is 44.1 Å². The molecule has 2 aliphatic rings. The minimum atomic E-state index is -1.26. The number of halogens is 1. The molecule has 14 heteroatoms. The van der Waals surface area contributed by atoms with Crippen molar-refractivity contribution in [2.45, 2.75) is 18.8 Å². The Morgan fingerprint density at radius 2 is 1.75 bits per heavy atom. The Hall–Kier alpha value is -4.98. The molecule has 2 amide bonds. The van der Waals surface area contributed by atoms with Crippen molar-refractivity contribution in [3.8, 4) is 0 Å². The van der Waals surface area contributed by atoms with E-state index in [1.807, 2.05) is 0 Å². The number of hydrogen-bond acceptors (Lipinski definition) is 9. The molecule has 1 fully saturated rings. The molecule has 1 saturated heterocycles. The van der Waals surface area contributed by atoms with Crippen LogP contribution in [0.25, 0.3) is 11.0 Å².